The first-order valence-corrected chi connectivity index (χ1v) is 7.84. The van der Waals surface area contributed by atoms with Crippen LogP contribution in [0.3, 0.4) is 0 Å². The van der Waals surface area contributed by atoms with Crippen molar-refractivity contribution in [2.45, 2.75) is 38.6 Å². The van der Waals surface area contributed by atoms with Crippen molar-refractivity contribution in [2.24, 2.45) is 5.73 Å². The van der Waals surface area contributed by atoms with Gasteiger partial charge in [0.2, 0.25) is 5.91 Å². The Morgan fingerprint density at radius 2 is 2.20 bits per heavy atom. The van der Waals surface area contributed by atoms with Crippen molar-refractivity contribution >= 4 is 27.5 Å². The molecule has 1 heterocycles. The quantitative estimate of drug-likeness (QED) is 0.770. The molecule has 4 nitrogen and oxygen atoms in total. The van der Waals surface area contributed by atoms with Crippen molar-refractivity contribution in [3.05, 3.63) is 29.3 Å². The second kappa shape index (κ2) is 7.36. The highest BCUT2D eigenvalue weighted by molar-refractivity contribution is 7.18. The van der Waals surface area contributed by atoms with Crippen LogP contribution >= 0.6 is 11.3 Å². The summed E-state index contributed by atoms with van der Waals surface area (Å²) in [6, 6.07) is 8.24. The number of rotatable bonds is 7. The molecule has 108 valence electrons. The summed E-state index contributed by atoms with van der Waals surface area (Å²) in [4.78, 5) is 16.2. The van der Waals surface area contributed by atoms with Crippen LogP contribution in [0.1, 0.15) is 31.2 Å². The first-order chi connectivity index (χ1) is 9.69. The average Bonchev–Trinajstić information content (AvgIpc) is 2.86. The Morgan fingerprint density at radius 3 is 2.95 bits per heavy atom. The topological polar surface area (TPSA) is 68.0 Å². The third-order valence-electron chi connectivity index (χ3n) is 3.14. The second-order valence-corrected chi connectivity index (χ2v) is 6.10. The number of thiazole rings is 1. The van der Waals surface area contributed by atoms with E-state index in [1.165, 1.54) is 4.70 Å². The van der Waals surface area contributed by atoms with Gasteiger partial charge in [0, 0.05) is 19.0 Å². The fourth-order valence-electron chi connectivity index (χ4n) is 1.99. The summed E-state index contributed by atoms with van der Waals surface area (Å²) >= 11 is 1.74. The molecule has 0 spiro atoms. The molecule has 0 fully saturated rings. The molecular formula is C15H21N3OS. The molecule has 0 aliphatic rings. The largest absolute Gasteiger partial charge is 0.352 e. The molecule has 0 bridgehead atoms. The van der Waals surface area contributed by atoms with Gasteiger partial charge in [0.05, 0.1) is 15.2 Å². The van der Waals surface area contributed by atoms with Gasteiger partial charge < -0.3 is 11.1 Å². The van der Waals surface area contributed by atoms with Gasteiger partial charge in [-0.25, -0.2) is 4.98 Å². The Balaban J connectivity index is 1.72. The normalized spacial score (nSPS) is 12.5. The lowest BCUT2D eigenvalue weighted by Crippen LogP contribution is -2.37. The Bertz CT molecular complexity index is 534. The van der Waals surface area contributed by atoms with E-state index >= 15 is 0 Å². The number of carbonyl (C=O) groups is 1. The van der Waals surface area contributed by atoms with Crippen LogP contribution in [0.25, 0.3) is 10.2 Å². The SMILES string of the molecule is C[C@@H](CN)NC(=O)CCCCc1nc2ccccc2s1. The minimum atomic E-state index is 0.0618. The zero-order valence-corrected chi connectivity index (χ0v) is 12.6. The number of fused-ring (bicyclic) bond motifs is 1. The van der Waals surface area contributed by atoms with Gasteiger partial charge in [-0.1, -0.05) is 12.1 Å². The van der Waals surface area contributed by atoms with E-state index in [-0.39, 0.29) is 11.9 Å². The molecule has 1 amide bonds. The van der Waals surface area contributed by atoms with E-state index in [2.05, 4.69) is 16.4 Å². The number of aryl methyl sites for hydroxylation is 1. The zero-order valence-electron chi connectivity index (χ0n) is 11.8. The van der Waals surface area contributed by atoms with Crippen molar-refractivity contribution in [2.75, 3.05) is 6.54 Å². The molecule has 20 heavy (non-hydrogen) atoms. The Kier molecular flexibility index (Phi) is 5.49. The molecule has 5 heteroatoms. The molecule has 2 rings (SSSR count). The molecule has 0 saturated heterocycles. The summed E-state index contributed by atoms with van der Waals surface area (Å²) in [5.41, 5.74) is 6.54. The summed E-state index contributed by atoms with van der Waals surface area (Å²) in [6.45, 7) is 2.40. The van der Waals surface area contributed by atoms with Crippen LogP contribution in [0.5, 0.6) is 0 Å². The third kappa shape index (κ3) is 4.28. The standard InChI is InChI=1S/C15H21N3OS/c1-11(10-16)17-14(19)8-4-5-9-15-18-12-6-2-3-7-13(12)20-15/h2-3,6-7,11H,4-5,8-10,16H2,1H3,(H,17,19)/t11-/m0/s1. The molecule has 3 N–H and O–H groups in total. The monoisotopic (exact) mass is 291 g/mol. The Labute approximate surface area is 123 Å². The zero-order chi connectivity index (χ0) is 14.4. The number of nitrogens with one attached hydrogen (secondary N) is 1. The lowest BCUT2D eigenvalue weighted by molar-refractivity contribution is -0.121. The minimum absolute atomic E-state index is 0.0618. The number of nitrogens with zero attached hydrogens (tertiary/aromatic N) is 1. The third-order valence-corrected chi connectivity index (χ3v) is 4.24. The maximum Gasteiger partial charge on any atom is 0.220 e. The van der Waals surface area contributed by atoms with E-state index in [4.69, 9.17) is 5.73 Å². The fraction of sp³-hybridized carbons (Fsp3) is 0.467. The van der Waals surface area contributed by atoms with Gasteiger partial charge in [0.1, 0.15) is 0 Å². The predicted molar refractivity (Wildman–Crippen MR) is 83.8 cm³/mol. The number of amides is 1. The number of aromatic nitrogens is 1. The molecule has 1 aromatic heterocycles. The van der Waals surface area contributed by atoms with Gasteiger partial charge in [-0.2, -0.15) is 0 Å². The van der Waals surface area contributed by atoms with Gasteiger partial charge >= 0.3 is 0 Å². The number of carbonyl (C=O) groups excluding carboxylic acids is 1. The highest BCUT2D eigenvalue weighted by Gasteiger charge is 2.06. The smallest absolute Gasteiger partial charge is 0.220 e. The lowest BCUT2D eigenvalue weighted by atomic mass is 10.2. The van der Waals surface area contributed by atoms with Crippen LogP contribution in [0.2, 0.25) is 0 Å². The molecular weight excluding hydrogens is 270 g/mol. The number of unbranched alkanes of at least 4 members (excludes halogenated alkanes) is 1. The van der Waals surface area contributed by atoms with E-state index in [0.29, 0.717) is 13.0 Å². The van der Waals surface area contributed by atoms with Crippen molar-refractivity contribution in [3.8, 4) is 0 Å². The number of para-hydroxylation sites is 1. The molecule has 1 aromatic carbocycles. The Morgan fingerprint density at radius 1 is 1.40 bits per heavy atom. The van der Waals surface area contributed by atoms with Crippen LogP contribution < -0.4 is 11.1 Å². The molecule has 0 aliphatic carbocycles. The van der Waals surface area contributed by atoms with Crippen LogP contribution in [-0.2, 0) is 11.2 Å². The number of nitrogens with two attached hydrogens (primary N) is 1. The van der Waals surface area contributed by atoms with E-state index in [0.717, 1.165) is 29.8 Å². The molecule has 2 aromatic rings. The number of hydrogen-bond acceptors (Lipinski definition) is 4. The lowest BCUT2D eigenvalue weighted by Gasteiger charge is -2.10. The van der Waals surface area contributed by atoms with Gasteiger partial charge in [-0.3, -0.25) is 4.79 Å². The first kappa shape index (κ1) is 14.9. The van der Waals surface area contributed by atoms with Gasteiger partial charge in [-0.15, -0.1) is 11.3 Å². The summed E-state index contributed by atoms with van der Waals surface area (Å²) in [5, 5.41) is 4.03. The maximum atomic E-state index is 11.6. The first-order valence-electron chi connectivity index (χ1n) is 7.03. The van der Waals surface area contributed by atoms with E-state index in [1.807, 2.05) is 25.1 Å². The molecule has 0 unspecified atom stereocenters. The average molecular weight is 291 g/mol. The maximum absolute atomic E-state index is 11.6. The molecule has 0 aliphatic heterocycles. The highest BCUT2D eigenvalue weighted by atomic mass is 32.1. The van der Waals surface area contributed by atoms with Crippen molar-refractivity contribution in [1.29, 1.82) is 0 Å². The van der Waals surface area contributed by atoms with Crippen molar-refractivity contribution < 1.29 is 4.79 Å². The van der Waals surface area contributed by atoms with Crippen LogP contribution in [-0.4, -0.2) is 23.5 Å². The van der Waals surface area contributed by atoms with Crippen molar-refractivity contribution in [1.82, 2.24) is 10.3 Å². The van der Waals surface area contributed by atoms with Crippen LogP contribution in [0.4, 0.5) is 0 Å². The predicted octanol–water partition coefficient (Wildman–Crippen LogP) is 2.47. The second-order valence-electron chi connectivity index (χ2n) is 4.99. The van der Waals surface area contributed by atoms with Crippen LogP contribution in [0.15, 0.2) is 24.3 Å². The van der Waals surface area contributed by atoms with Gasteiger partial charge in [0.25, 0.3) is 0 Å². The minimum Gasteiger partial charge on any atom is -0.352 e. The summed E-state index contributed by atoms with van der Waals surface area (Å²) in [6.07, 6.45) is 3.39. The highest BCUT2D eigenvalue weighted by Crippen LogP contribution is 2.22. The van der Waals surface area contributed by atoms with Crippen molar-refractivity contribution in [3.63, 3.8) is 0 Å². The number of benzene rings is 1. The summed E-state index contributed by atoms with van der Waals surface area (Å²) in [7, 11) is 0. The van der Waals surface area contributed by atoms with Crippen LogP contribution in [0, 0.1) is 0 Å². The molecule has 0 saturated carbocycles. The van der Waals surface area contributed by atoms with Gasteiger partial charge in [0.15, 0.2) is 0 Å². The van der Waals surface area contributed by atoms with Gasteiger partial charge in [-0.05, 0) is 38.3 Å². The van der Waals surface area contributed by atoms with E-state index in [9.17, 15) is 4.79 Å². The molecule has 1 atom stereocenters. The van der Waals surface area contributed by atoms with E-state index in [1.54, 1.807) is 11.3 Å². The summed E-state index contributed by atoms with van der Waals surface area (Å²) in [5.74, 6) is 0.0900. The Hall–Kier alpha value is -1.46. The molecule has 0 radical (unpaired) electrons. The number of hydrogen-bond donors (Lipinski definition) is 2. The van der Waals surface area contributed by atoms with E-state index < -0.39 is 0 Å². The summed E-state index contributed by atoms with van der Waals surface area (Å²) < 4.78 is 1.23. The fourth-order valence-corrected chi connectivity index (χ4v) is 3.00.